The fraction of sp³-hybridized carbons (Fsp3) is 0.389. The molecule has 5 nitrogen and oxygen atoms in total. The van der Waals surface area contributed by atoms with Gasteiger partial charge in [0.05, 0.1) is 18.1 Å². The molecule has 1 N–H and O–H groups in total. The third-order valence-corrected chi connectivity index (χ3v) is 4.29. The number of carbonyl (C=O) groups excluding carboxylic acids is 1. The molecule has 0 bridgehead atoms. The van der Waals surface area contributed by atoms with Gasteiger partial charge >= 0.3 is 6.03 Å². The summed E-state index contributed by atoms with van der Waals surface area (Å²) < 4.78 is 0. The van der Waals surface area contributed by atoms with Crippen molar-refractivity contribution in [3.63, 3.8) is 0 Å². The standard InChI is InChI=1S/C18H22N4O/c1-2-16-10-6-7-11-22(16)18(23)21-15-12-19-17(20-13-15)14-8-4-3-5-9-14/h3-5,8-9,12-13,16H,2,6-7,10-11H2,1H3,(H,21,23)/t16-/m0/s1. The summed E-state index contributed by atoms with van der Waals surface area (Å²) in [5, 5.41) is 2.92. The van der Waals surface area contributed by atoms with Gasteiger partial charge in [-0.05, 0) is 25.7 Å². The molecule has 1 saturated heterocycles. The minimum Gasteiger partial charge on any atom is -0.322 e. The van der Waals surface area contributed by atoms with Crippen molar-refractivity contribution in [2.75, 3.05) is 11.9 Å². The molecule has 1 aromatic heterocycles. The van der Waals surface area contributed by atoms with Gasteiger partial charge in [0.25, 0.3) is 0 Å². The highest BCUT2D eigenvalue weighted by Crippen LogP contribution is 2.21. The highest BCUT2D eigenvalue weighted by atomic mass is 16.2. The van der Waals surface area contributed by atoms with Gasteiger partial charge in [0.15, 0.2) is 5.82 Å². The van der Waals surface area contributed by atoms with Crippen LogP contribution >= 0.6 is 0 Å². The van der Waals surface area contributed by atoms with Crippen LogP contribution in [0.5, 0.6) is 0 Å². The maximum Gasteiger partial charge on any atom is 0.322 e. The Morgan fingerprint density at radius 3 is 2.65 bits per heavy atom. The van der Waals surface area contributed by atoms with Crippen molar-refractivity contribution in [3.05, 3.63) is 42.7 Å². The van der Waals surface area contributed by atoms with Crippen molar-refractivity contribution >= 4 is 11.7 Å². The van der Waals surface area contributed by atoms with E-state index in [0.29, 0.717) is 17.6 Å². The second-order valence-corrected chi connectivity index (χ2v) is 5.84. The van der Waals surface area contributed by atoms with E-state index in [1.165, 1.54) is 6.42 Å². The fourth-order valence-electron chi connectivity index (χ4n) is 3.02. The molecule has 1 aromatic carbocycles. The number of hydrogen-bond acceptors (Lipinski definition) is 3. The van der Waals surface area contributed by atoms with Crippen molar-refractivity contribution in [2.45, 2.75) is 38.6 Å². The van der Waals surface area contributed by atoms with E-state index in [-0.39, 0.29) is 6.03 Å². The molecule has 120 valence electrons. The summed E-state index contributed by atoms with van der Waals surface area (Å²) in [5.41, 5.74) is 1.60. The van der Waals surface area contributed by atoms with Crippen molar-refractivity contribution in [2.24, 2.45) is 0 Å². The van der Waals surface area contributed by atoms with Gasteiger partial charge in [-0.25, -0.2) is 14.8 Å². The SMILES string of the molecule is CC[C@H]1CCCCN1C(=O)Nc1cnc(-c2ccccc2)nc1. The number of benzene rings is 1. The van der Waals surface area contributed by atoms with Gasteiger partial charge in [-0.1, -0.05) is 37.3 Å². The largest absolute Gasteiger partial charge is 0.322 e. The number of anilines is 1. The predicted molar refractivity (Wildman–Crippen MR) is 91.1 cm³/mol. The molecule has 2 amide bonds. The molecule has 2 aromatic rings. The van der Waals surface area contributed by atoms with E-state index in [9.17, 15) is 4.79 Å². The van der Waals surface area contributed by atoms with Crippen molar-refractivity contribution < 1.29 is 4.79 Å². The van der Waals surface area contributed by atoms with Crippen LogP contribution in [0.1, 0.15) is 32.6 Å². The number of nitrogens with zero attached hydrogens (tertiary/aromatic N) is 3. The summed E-state index contributed by atoms with van der Waals surface area (Å²) in [5.74, 6) is 0.660. The van der Waals surface area contributed by atoms with Gasteiger partial charge in [-0.3, -0.25) is 0 Å². The lowest BCUT2D eigenvalue weighted by Crippen LogP contribution is -2.45. The topological polar surface area (TPSA) is 58.1 Å². The number of hydrogen-bond donors (Lipinski definition) is 1. The van der Waals surface area contributed by atoms with Crippen LogP contribution in [-0.4, -0.2) is 33.5 Å². The normalized spacial score (nSPS) is 17.8. The summed E-state index contributed by atoms with van der Waals surface area (Å²) in [6.45, 7) is 2.96. The maximum absolute atomic E-state index is 12.5. The minimum absolute atomic E-state index is 0.0485. The lowest BCUT2D eigenvalue weighted by Gasteiger charge is -2.35. The van der Waals surface area contributed by atoms with E-state index in [1.54, 1.807) is 12.4 Å². The number of amides is 2. The molecule has 1 aliphatic heterocycles. The van der Waals surface area contributed by atoms with Gasteiger partial charge < -0.3 is 10.2 Å². The maximum atomic E-state index is 12.5. The molecule has 1 atom stereocenters. The molecule has 0 spiro atoms. The summed E-state index contributed by atoms with van der Waals surface area (Å²) in [4.78, 5) is 23.1. The van der Waals surface area contributed by atoms with Crippen molar-refractivity contribution in [1.29, 1.82) is 0 Å². The summed E-state index contributed by atoms with van der Waals surface area (Å²) in [7, 11) is 0. The zero-order valence-corrected chi connectivity index (χ0v) is 13.4. The molecule has 3 rings (SSSR count). The number of carbonyl (C=O) groups is 1. The first-order chi connectivity index (χ1) is 11.3. The van der Waals surface area contributed by atoms with Crippen LogP contribution in [0.2, 0.25) is 0 Å². The Hall–Kier alpha value is -2.43. The molecule has 0 saturated carbocycles. The number of likely N-dealkylation sites (tertiary alicyclic amines) is 1. The van der Waals surface area contributed by atoms with Gasteiger partial charge in [-0.15, -0.1) is 0 Å². The van der Waals surface area contributed by atoms with E-state index in [2.05, 4.69) is 22.2 Å². The van der Waals surface area contributed by atoms with Gasteiger partial charge in [0, 0.05) is 18.2 Å². The molecule has 0 unspecified atom stereocenters. The molecular weight excluding hydrogens is 288 g/mol. The first-order valence-electron chi connectivity index (χ1n) is 8.23. The Bertz CT molecular complexity index is 642. The van der Waals surface area contributed by atoms with Crippen molar-refractivity contribution in [1.82, 2.24) is 14.9 Å². The summed E-state index contributed by atoms with van der Waals surface area (Å²) in [6, 6.07) is 10.1. The molecule has 5 heteroatoms. The third-order valence-electron chi connectivity index (χ3n) is 4.29. The second kappa shape index (κ2) is 7.22. The van der Waals surface area contributed by atoms with E-state index in [1.807, 2.05) is 35.2 Å². The van der Waals surface area contributed by atoms with Crippen LogP contribution in [-0.2, 0) is 0 Å². The summed E-state index contributed by atoms with van der Waals surface area (Å²) >= 11 is 0. The average Bonchev–Trinajstić information content (AvgIpc) is 2.63. The van der Waals surface area contributed by atoms with Crippen LogP contribution in [0.4, 0.5) is 10.5 Å². The fourth-order valence-corrected chi connectivity index (χ4v) is 3.02. The monoisotopic (exact) mass is 310 g/mol. The molecule has 1 fully saturated rings. The highest BCUT2D eigenvalue weighted by molar-refractivity contribution is 5.89. The smallest absolute Gasteiger partial charge is 0.322 e. The van der Waals surface area contributed by atoms with Crippen LogP contribution in [0.15, 0.2) is 42.7 Å². The molecule has 23 heavy (non-hydrogen) atoms. The Kier molecular flexibility index (Phi) is 4.86. The highest BCUT2D eigenvalue weighted by Gasteiger charge is 2.25. The first-order valence-corrected chi connectivity index (χ1v) is 8.23. The van der Waals surface area contributed by atoms with Gasteiger partial charge in [0.2, 0.25) is 0 Å². The molecule has 2 heterocycles. The van der Waals surface area contributed by atoms with Crippen LogP contribution in [0.3, 0.4) is 0 Å². The second-order valence-electron chi connectivity index (χ2n) is 5.84. The Morgan fingerprint density at radius 1 is 1.22 bits per heavy atom. The zero-order valence-electron chi connectivity index (χ0n) is 13.4. The lowest BCUT2D eigenvalue weighted by molar-refractivity contribution is 0.160. The summed E-state index contributed by atoms with van der Waals surface area (Å²) in [6.07, 6.45) is 7.70. The average molecular weight is 310 g/mol. The van der Waals surface area contributed by atoms with Gasteiger partial charge in [-0.2, -0.15) is 0 Å². The third kappa shape index (κ3) is 3.67. The van der Waals surface area contributed by atoms with Crippen LogP contribution < -0.4 is 5.32 Å². The number of piperidine rings is 1. The van der Waals surface area contributed by atoms with E-state index in [4.69, 9.17) is 0 Å². The Labute approximate surface area is 136 Å². The Morgan fingerprint density at radius 2 is 1.96 bits per heavy atom. The molecule has 0 radical (unpaired) electrons. The van der Waals surface area contributed by atoms with Gasteiger partial charge in [0.1, 0.15) is 0 Å². The van der Waals surface area contributed by atoms with Crippen molar-refractivity contribution in [3.8, 4) is 11.4 Å². The molecular formula is C18H22N4O. The predicted octanol–water partition coefficient (Wildman–Crippen LogP) is 3.94. The zero-order chi connectivity index (χ0) is 16.1. The lowest BCUT2D eigenvalue weighted by atomic mass is 10.0. The quantitative estimate of drug-likeness (QED) is 0.934. The van der Waals surface area contributed by atoms with Crippen LogP contribution in [0, 0.1) is 0 Å². The molecule has 1 aliphatic rings. The van der Waals surface area contributed by atoms with E-state index >= 15 is 0 Å². The van der Waals surface area contributed by atoms with Crippen LogP contribution in [0.25, 0.3) is 11.4 Å². The number of urea groups is 1. The number of rotatable bonds is 3. The Balaban J connectivity index is 1.67. The number of nitrogens with one attached hydrogen (secondary N) is 1. The van der Waals surface area contributed by atoms with E-state index in [0.717, 1.165) is 31.4 Å². The minimum atomic E-state index is -0.0485. The first kappa shape index (κ1) is 15.5. The van der Waals surface area contributed by atoms with E-state index < -0.39 is 0 Å². The number of aromatic nitrogens is 2. The molecule has 0 aliphatic carbocycles.